The van der Waals surface area contributed by atoms with Crippen molar-refractivity contribution in [3.05, 3.63) is 181 Å². The van der Waals surface area contributed by atoms with Crippen molar-refractivity contribution >= 4 is 77.0 Å². The van der Waals surface area contributed by atoms with E-state index in [1.165, 1.54) is 54.5 Å². The number of rotatable bonds is 4. The zero-order valence-electron chi connectivity index (χ0n) is 29.6. The second-order valence-electron chi connectivity index (χ2n) is 14.5. The van der Waals surface area contributed by atoms with E-state index in [9.17, 15) is 0 Å². The number of fused-ring (bicyclic) bond motifs is 3. The topological polar surface area (TPSA) is 43.6 Å². The summed E-state index contributed by atoms with van der Waals surface area (Å²) in [6, 6.07) is 60.7. The Labute approximate surface area is 316 Å². The molecule has 12 rings (SSSR count). The Morgan fingerprint density at radius 1 is 0.345 bits per heavy atom. The summed E-state index contributed by atoms with van der Waals surface area (Å²) in [5, 5.41) is 12.0. The maximum atomic E-state index is 5.30. The molecule has 0 fully saturated rings. The highest BCUT2D eigenvalue weighted by Crippen LogP contribution is 2.43. The molecule has 55 heavy (non-hydrogen) atoms. The molecule has 254 valence electrons. The Morgan fingerprint density at radius 2 is 0.891 bits per heavy atom. The standard InChI is InChI=1S/C51H30N4/c1-3-11-36-27-39(23-19-31(36)9-1)49-52-50(40-24-20-32-10-2-4-12-37(32)28-40)54-51(53-49)43-30-41(29-38-13-5-6-17-42(38)43)55-44-18-8-16-35-22-21-33-14-7-15-34-25-26-45(55)48(46(33)34)47(35)44/h1-30H. The fraction of sp³-hybridized carbons (Fsp3) is 0. The van der Waals surface area contributed by atoms with Gasteiger partial charge in [0, 0.05) is 33.2 Å². The van der Waals surface area contributed by atoms with Gasteiger partial charge in [-0.2, -0.15) is 0 Å². The van der Waals surface area contributed by atoms with E-state index < -0.39 is 0 Å². The number of hydrogen-bond donors (Lipinski definition) is 0. The van der Waals surface area contributed by atoms with Crippen molar-refractivity contribution < 1.29 is 0 Å². The molecule has 0 saturated carbocycles. The lowest BCUT2D eigenvalue weighted by Crippen LogP contribution is -2.02. The zero-order valence-corrected chi connectivity index (χ0v) is 29.6. The fourth-order valence-corrected chi connectivity index (χ4v) is 8.74. The van der Waals surface area contributed by atoms with E-state index in [0.717, 1.165) is 43.9 Å². The molecule has 0 aliphatic heterocycles. The van der Waals surface area contributed by atoms with Crippen LogP contribution in [-0.4, -0.2) is 19.5 Å². The molecular weight excluding hydrogens is 669 g/mol. The average Bonchev–Trinajstić information content (AvgIpc) is 3.49. The average molecular weight is 699 g/mol. The molecular formula is C51H30N4. The molecule has 0 amide bonds. The van der Waals surface area contributed by atoms with E-state index in [4.69, 9.17) is 15.0 Å². The van der Waals surface area contributed by atoms with Crippen LogP contribution in [0.3, 0.4) is 0 Å². The molecule has 2 heterocycles. The first-order chi connectivity index (χ1) is 27.2. The van der Waals surface area contributed by atoms with Gasteiger partial charge in [-0.3, -0.25) is 0 Å². The summed E-state index contributed by atoms with van der Waals surface area (Å²) >= 11 is 0. The quantitative estimate of drug-likeness (QED) is 0.184. The minimum absolute atomic E-state index is 0.637. The number of hydrogen-bond acceptors (Lipinski definition) is 3. The van der Waals surface area contributed by atoms with Crippen LogP contribution in [0.5, 0.6) is 0 Å². The predicted molar refractivity (Wildman–Crippen MR) is 229 cm³/mol. The third kappa shape index (κ3) is 4.62. The molecule has 0 saturated heterocycles. The van der Waals surface area contributed by atoms with Crippen molar-refractivity contribution in [2.45, 2.75) is 0 Å². The second kappa shape index (κ2) is 11.5. The highest BCUT2D eigenvalue weighted by molar-refractivity contribution is 6.26. The van der Waals surface area contributed by atoms with Crippen LogP contribution in [0.25, 0.3) is 117 Å². The third-order valence-electron chi connectivity index (χ3n) is 11.3. The molecule has 0 atom stereocenters. The lowest BCUT2D eigenvalue weighted by molar-refractivity contribution is 1.08. The molecule has 0 unspecified atom stereocenters. The summed E-state index contributed by atoms with van der Waals surface area (Å²) in [4.78, 5) is 15.8. The van der Waals surface area contributed by atoms with Crippen molar-refractivity contribution in [2.24, 2.45) is 0 Å². The predicted octanol–water partition coefficient (Wildman–Crippen LogP) is 13.1. The lowest BCUT2D eigenvalue weighted by atomic mass is 10.00. The Balaban J connectivity index is 1.15. The van der Waals surface area contributed by atoms with E-state index in [1.54, 1.807) is 0 Å². The van der Waals surface area contributed by atoms with Crippen LogP contribution in [0, 0.1) is 0 Å². The van der Waals surface area contributed by atoms with Gasteiger partial charge in [0.1, 0.15) is 0 Å². The van der Waals surface area contributed by atoms with Gasteiger partial charge in [-0.25, -0.2) is 15.0 Å². The van der Waals surface area contributed by atoms with Gasteiger partial charge in [0.05, 0.1) is 11.0 Å². The van der Waals surface area contributed by atoms with E-state index >= 15 is 0 Å². The maximum Gasteiger partial charge on any atom is 0.164 e. The summed E-state index contributed by atoms with van der Waals surface area (Å²) < 4.78 is 2.43. The van der Waals surface area contributed by atoms with Crippen molar-refractivity contribution in [1.29, 1.82) is 0 Å². The minimum Gasteiger partial charge on any atom is -0.309 e. The van der Waals surface area contributed by atoms with Crippen LogP contribution in [-0.2, 0) is 0 Å². The summed E-state index contributed by atoms with van der Waals surface area (Å²) in [7, 11) is 0. The maximum absolute atomic E-state index is 5.30. The summed E-state index contributed by atoms with van der Waals surface area (Å²) in [5.41, 5.74) is 8.73. The van der Waals surface area contributed by atoms with Gasteiger partial charge in [0.25, 0.3) is 0 Å². The molecule has 1 aliphatic carbocycles. The normalized spacial score (nSPS) is 12.3. The highest BCUT2D eigenvalue weighted by Gasteiger charge is 2.22. The number of nitrogens with zero attached hydrogens (tertiary/aromatic N) is 4. The minimum atomic E-state index is 0.637. The lowest BCUT2D eigenvalue weighted by Gasteiger charge is -2.15. The molecule has 11 aromatic rings. The largest absolute Gasteiger partial charge is 0.309 e. The van der Waals surface area contributed by atoms with Gasteiger partial charge in [-0.1, -0.05) is 146 Å². The van der Waals surface area contributed by atoms with Crippen molar-refractivity contribution in [3.63, 3.8) is 0 Å². The van der Waals surface area contributed by atoms with E-state index in [2.05, 4.69) is 187 Å². The van der Waals surface area contributed by atoms with Crippen molar-refractivity contribution in [1.82, 2.24) is 19.5 Å². The molecule has 0 bridgehead atoms. The van der Waals surface area contributed by atoms with Crippen LogP contribution in [0.4, 0.5) is 0 Å². The van der Waals surface area contributed by atoms with Gasteiger partial charge >= 0.3 is 0 Å². The van der Waals surface area contributed by atoms with Crippen LogP contribution in [0.1, 0.15) is 11.1 Å². The Hall–Kier alpha value is -7.43. The van der Waals surface area contributed by atoms with Crippen LogP contribution < -0.4 is 0 Å². The third-order valence-corrected chi connectivity index (χ3v) is 11.3. The smallest absolute Gasteiger partial charge is 0.164 e. The molecule has 0 spiro atoms. The SMILES string of the molecule is C1=Cc2cccc3c2c2c4c1cccc4ccc2n3-c1cc(-c2nc(-c3ccc4ccccc4c3)nc(-c3ccc4ccccc4c3)n2)c2ccccc2c1. The first-order valence-electron chi connectivity index (χ1n) is 18.7. The highest BCUT2D eigenvalue weighted by atomic mass is 15.0. The molecule has 0 radical (unpaired) electrons. The Morgan fingerprint density at radius 3 is 1.60 bits per heavy atom. The van der Waals surface area contributed by atoms with E-state index in [0.29, 0.717) is 17.5 Å². The molecule has 1 aliphatic rings. The van der Waals surface area contributed by atoms with E-state index in [1.807, 2.05) is 0 Å². The van der Waals surface area contributed by atoms with Gasteiger partial charge in [0.2, 0.25) is 0 Å². The fourth-order valence-electron chi connectivity index (χ4n) is 8.74. The van der Waals surface area contributed by atoms with Gasteiger partial charge in [-0.05, 0) is 90.6 Å². The summed E-state index contributed by atoms with van der Waals surface area (Å²) in [6.07, 6.45) is 4.52. The van der Waals surface area contributed by atoms with Gasteiger partial charge < -0.3 is 4.57 Å². The van der Waals surface area contributed by atoms with E-state index in [-0.39, 0.29) is 0 Å². The summed E-state index contributed by atoms with van der Waals surface area (Å²) in [5.74, 6) is 1.92. The van der Waals surface area contributed by atoms with Crippen LogP contribution in [0.15, 0.2) is 170 Å². The molecule has 9 aromatic carbocycles. The van der Waals surface area contributed by atoms with Crippen LogP contribution in [0.2, 0.25) is 0 Å². The molecule has 4 heteroatoms. The number of aromatic nitrogens is 4. The van der Waals surface area contributed by atoms with Crippen molar-refractivity contribution in [3.8, 4) is 39.9 Å². The second-order valence-corrected chi connectivity index (χ2v) is 14.5. The van der Waals surface area contributed by atoms with Crippen LogP contribution >= 0.6 is 0 Å². The molecule has 2 aromatic heterocycles. The zero-order chi connectivity index (χ0) is 36.0. The number of benzene rings is 9. The van der Waals surface area contributed by atoms with Crippen molar-refractivity contribution in [2.75, 3.05) is 0 Å². The van der Waals surface area contributed by atoms with Gasteiger partial charge in [0.15, 0.2) is 17.5 Å². The van der Waals surface area contributed by atoms with Gasteiger partial charge in [-0.15, -0.1) is 0 Å². The first kappa shape index (κ1) is 30.1. The summed E-state index contributed by atoms with van der Waals surface area (Å²) in [6.45, 7) is 0. The monoisotopic (exact) mass is 698 g/mol. The Kier molecular flexibility index (Phi) is 6.31. The molecule has 4 nitrogen and oxygen atoms in total. The molecule has 0 N–H and O–H groups in total. The Bertz CT molecular complexity index is 3350. The first-order valence-corrected chi connectivity index (χ1v) is 18.7.